The molecule has 0 aromatic heterocycles. The Bertz CT molecular complexity index is 729. The van der Waals surface area contributed by atoms with Crippen LogP contribution in [-0.4, -0.2) is 16.1 Å². The van der Waals surface area contributed by atoms with Crippen LogP contribution in [0.5, 0.6) is 0 Å². The predicted molar refractivity (Wildman–Crippen MR) is 82.2 cm³/mol. The van der Waals surface area contributed by atoms with E-state index < -0.39 is 9.85 Å². The van der Waals surface area contributed by atoms with Gasteiger partial charge in [0.25, 0.3) is 11.4 Å². The molecule has 2 rings (SSSR count). The van der Waals surface area contributed by atoms with Gasteiger partial charge in [-0.05, 0) is 18.6 Å². The highest BCUT2D eigenvalue weighted by Crippen LogP contribution is 2.24. The molecule has 0 bridgehead atoms. The summed E-state index contributed by atoms with van der Waals surface area (Å²) in [5, 5.41) is 21.7. The van der Waals surface area contributed by atoms with Gasteiger partial charge in [0.05, 0.1) is 27.5 Å². The number of hydrogen-bond acceptors (Lipinski definition) is 5. The van der Waals surface area contributed by atoms with Gasteiger partial charge in [0.2, 0.25) is 0 Å². The third kappa shape index (κ3) is 3.51. The van der Waals surface area contributed by atoms with Gasteiger partial charge in [-0.25, -0.2) is 0 Å². The monoisotopic (exact) mass is 299 g/mol. The maximum absolute atomic E-state index is 11.0. The second-order valence-electron chi connectivity index (χ2n) is 4.62. The molecule has 0 amide bonds. The normalized spacial score (nSPS) is 12.2. The van der Waals surface area contributed by atoms with Crippen molar-refractivity contribution in [1.82, 2.24) is 0 Å². The third-order valence-corrected chi connectivity index (χ3v) is 3.14. The molecule has 0 radical (unpaired) electrons. The van der Waals surface area contributed by atoms with E-state index in [1.807, 2.05) is 37.3 Å². The van der Waals surface area contributed by atoms with Crippen molar-refractivity contribution in [3.63, 3.8) is 0 Å². The van der Waals surface area contributed by atoms with E-state index in [2.05, 4.69) is 4.99 Å². The molecule has 0 N–H and O–H groups in total. The minimum absolute atomic E-state index is 0.170. The zero-order valence-corrected chi connectivity index (χ0v) is 11.7. The molecule has 2 aromatic rings. The summed E-state index contributed by atoms with van der Waals surface area (Å²) in [7, 11) is 0. The molecular formula is C15H13N3O4. The summed E-state index contributed by atoms with van der Waals surface area (Å²) in [6, 6.07) is 12.8. The number of rotatable bonds is 5. The highest BCUT2D eigenvalue weighted by atomic mass is 16.6. The van der Waals surface area contributed by atoms with E-state index >= 15 is 0 Å². The number of nitro benzene ring substituents is 2. The van der Waals surface area contributed by atoms with Crippen molar-refractivity contribution in [3.8, 4) is 0 Å². The molecule has 0 fully saturated rings. The Balaban J connectivity index is 2.31. The van der Waals surface area contributed by atoms with Gasteiger partial charge in [0.1, 0.15) is 0 Å². The first-order valence-electron chi connectivity index (χ1n) is 6.50. The SMILES string of the molecule is C[C@H](N=Cc1ccc([N+](=O)[O-])cc1[N+](=O)[O-])c1ccccc1. The van der Waals surface area contributed by atoms with Gasteiger partial charge in [-0.1, -0.05) is 30.3 Å². The lowest BCUT2D eigenvalue weighted by Crippen LogP contribution is -1.98. The van der Waals surface area contributed by atoms with Gasteiger partial charge in [-0.3, -0.25) is 25.2 Å². The second-order valence-corrected chi connectivity index (χ2v) is 4.62. The fourth-order valence-corrected chi connectivity index (χ4v) is 1.92. The van der Waals surface area contributed by atoms with E-state index in [1.165, 1.54) is 18.3 Å². The summed E-state index contributed by atoms with van der Waals surface area (Å²) in [5.41, 5.74) is 0.555. The third-order valence-electron chi connectivity index (χ3n) is 3.14. The molecule has 7 heteroatoms. The van der Waals surface area contributed by atoms with E-state index in [0.29, 0.717) is 0 Å². The highest BCUT2D eigenvalue weighted by molar-refractivity contribution is 5.86. The van der Waals surface area contributed by atoms with Gasteiger partial charge in [0.15, 0.2) is 0 Å². The zero-order chi connectivity index (χ0) is 16.1. The minimum Gasteiger partial charge on any atom is -0.285 e. The van der Waals surface area contributed by atoms with Crippen LogP contribution in [0.4, 0.5) is 11.4 Å². The molecule has 2 aromatic carbocycles. The summed E-state index contributed by atoms with van der Waals surface area (Å²) in [6.45, 7) is 1.86. The Morgan fingerprint density at radius 3 is 2.32 bits per heavy atom. The van der Waals surface area contributed by atoms with Crippen molar-refractivity contribution in [3.05, 3.63) is 79.9 Å². The quantitative estimate of drug-likeness (QED) is 0.477. The molecule has 0 spiro atoms. The predicted octanol–water partition coefficient (Wildman–Crippen LogP) is 3.68. The molecule has 7 nitrogen and oxygen atoms in total. The van der Waals surface area contributed by atoms with Gasteiger partial charge in [-0.15, -0.1) is 0 Å². The number of nitrogens with zero attached hydrogens (tertiary/aromatic N) is 3. The molecule has 0 saturated carbocycles. The molecule has 0 unspecified atom stereocenters. The Kier molecular flexibility index (Phi) is 4.57. The Morgan fingerprint density at radius 2 is 1.73 bits per heavy atom. The molecule has 0 heterocycles. The van der Waals surface area contributed by atoms with Gasteiger partial charge in [-0.2, -0.15) is 0 Å². The summed E-state index contributed by atoms with van der Waals surface area (Å²) in [4.78, 5) is 24.7. The number of non-ortho nitro benzene ring substituents is 1. The Hall–Kier alpha value is -3.09. The van der Waals surface area contributed by atoms with E-state index in [1.54, 1.807) is 0 Å². The van der Waals surface area contributed by atoms with Gasteiger partial charge < -0.3 is 0 Å². The summed E-state index contributed by atoms with van der Waals surface area (Å²) in [5.74, 6) is 0. The first-order chi connectivity index (χ1) is 10.5. The minimum atomic E-state index is -0.666. The molecule has 0 aliphatic rings. The number of benzene rings is 2. The topological polar surface area (TPSA) is 98.6 Å². The van der Waals surface area contributed by atoms with E-state index in [0.717, 1.165) is 11.6 Å². The molecule has 0 saturated heterocycles. The van der Waals surface area contributed by atoms with Crippen LogP contribution in [0, 0.1) is 20.2 Å². The van der Waals surface area contributed by atoms with E-state index in [-0.39, 0.29) is 23.0 Å². The fourth-order valence-electron chi connectivity index (χ4n) is 1.92. The van der Waals surface area contributed by atoms with Crippen LogP contribution >= 0.6 is 0 Å². The van der Waals surface area contributed by atoms with Gasteiger partial charge in [0, 0.05) is 12.3 Å². The Labute approximate surface area is 126 Å². The van der Waals surface area contributed by atoms with Crippen LogP contribution in [-0.2, 0) is 0 Å². The average Bonchev–Trinajstić information content (AvgIpc) is 2.53. The van der Waals surface area contributed by atoms with Gasteiger partial charge >= 0.3 is 0 Å². The molecule has 22 heavy (non-hydrogen) atoms. The standard InChI is InChI=1S/C15H13N3O4/c1-11(12-5-3-2-4-6-12)16-10-13-7-8-14(17(19)20)9-15(13)18(21)22/h2-11H,1H3/t11-/m0/s1. The first-order valence-corrected chi connectivity index (χ1v) is 6.50. The maximum atomic E-state index is 11.0. The van der Waals surface area contributed by atoms with Crippen molar-refractivity contribution < 1.29 is 9.85 Å². The number of nitro groups is 2. The zero-order valence-electron chi connectivity index (χ0n) is 11.7. The maximum Gasteiger partial charge on any atom is 0.284 e. The first kappa shape index (κ1) is 15.3. The molecular weight excluding hydrogens is 286 g/mol. The lowest BCUT2D eigenvalue weighted by molar-refractivity contribution is -0.394. The van der Waals surface area contributed by atoms with Crippen LogP contribution in [0.15, 0.2) is 53.5 Å². The van der Waals surface area contributed by atoms with Crippen LogP contribution in [0.1, 0.15) is 24.1 Å². The van der Waals surface area contributed by atoms with Crippen molar-refractivity contribution in [2.45, 2.75) is 13.0 Å². The largest absolute Gasteiger partial charge is 0.285 e. The lowest BCUT2D eigenvalue weighted by Gasteiger charge is -2.05. The second kappa shape index (κ2) is 6.57. The highest BCUT2D eigenvalue weighted by Gasteiger charge is 2.18. The van der Waals surface area contributed by atoms with Crippen LogP contribution in [0.25, 0.3) is 0 Å². The smallest absolute Gasteiger partial charge is 0.284 e. The molecule has 0 aliphatic carbocycles. The molecule has 0 aliphatic heterocycles. The lowest BCUT2D eigenvalue weighted by atomic mass is 10.1. The Morgan fingerprint density at radius 1 is 1.05 bits per heavy atom. The number of aliphatic imine (C=N–C) groups is 1. The van der Waals surface area contributed by atoms with Crippen LogP contribution in [0.3, 0.4) is 0 Å². The molecule has 1 atom stereocenters. The van der Waals surface area contributed by atoms with Crippen molar-refractivity contribution in [2.75, 3.05) is 0 Å². The van der Waals surface area contributed by atoms with Crippen molar-refractivity contribution in [1.29, 1.82) is 0 Å². The summed E-state index contributed by atoms with van der Waals surface area (Å²) < 4.78 is 0. The molecule has 112 valence electrons. The van der Waals surface area contributed by atoms with E-state index in [9.17, 15) is 20.2 Å². The fraction of sp³-hybridized carbons (Fsp3) is 0.133. The summed E-state index contributed by atoms with van der Waals surface area (Å²) in [6.07, 6.45) is 1.37. The summed E-state index contributed by atoms with van der Waals surface area (Å²) >= 11 is 0. The average molecular weight is 299 g/mol. The van der Waals surface area contributed by atoms with Crippen LogP contribution < -0.4 is 0 Å². The van der Waals surface area contributed by atoms with Crippen molar-refractivity contribution >= 4 is 17.6 Å². The van der Waals surface area contributed by atoms with E-state index in [4.69, 9.17) is 0 Å². The van der Waals surface area contributed by atoms with Crippen molar-refractivity contribution in [2.24, 2.45) is 4.99 Å². The number of hydrogen-bond donors (Lipinski definition) is 0. The van der Waals surface area contributed by atoms with Crippen LogP contribution in [0.2, 0.25) is 0 Å².